The van der Waals surface area contributed by atoms with Crippen LogP contribution in [-0.4, -0.2) is 23.4 Å². The van der Waals surface area contributed by atoms with Gasteiger partial charge in [-0.2, -0.15) is 4.58 Å². The minimum atomic E-state index is -0.0567. The number of fused-ring (bicyclic) bond motifs is 6. The molecule has 2 unspecified atom stereocenters. The molecule has 2 heteroatoms. The van der Waals surface area contributed by atoms with E-state index in [-0.39, 0.29) is 5.41 Å². The van der Waals surface area contributed by atoms with Crippen molar-refractivity contribution in [3.63, 3.8) is 0 Å². The molecule has 3 aliphatic rings. The highest BCUT2D eigenvalue weighted by Crippen LogP contribution is 2.52. The van der Waals surface area contributed by atoms with Gasteiger partial charge in [-0.25, -0.2) is 0 Å². The van der Waals surface area contributed by atoms with Crippen LogP contribution in [0.4, 0.5) is 17.1 Å². The van der Waals surface area contributed by atoms with Crippen molar-refractivity contribution in [1.82, 2.24) is 0 Å². The molecular weight excluding hydrogens is 436 g/mol. The van der Waals surface area contributed by atoms with E-state index in [2.05, 4.69) is 127 Å². The van der Waals surface area contributed by atoms with Gasteiger partial charge in [0.05, 0.1) is 5.41 Å². The number of benzene rings is 4. The Labute approximate surface area is 214 Å². The van der Waals surface area contributed by atoms with Crippen LogP contribution < -0.4 is 4.90 Å². The smallest absolute Gasteiger partial charge is 0.210 e. The van der Waals surface area contributed by atoms with E-state index in [0.29, 0.717) is 12.0 Å². The zero-order chi connectivity index (χ0) is 24.4. The van der Waals surface area contributed by atoms with Crippen molar-refractivity contribution < 1.29 is 4.58 Å². The standard InChI is InChI=1S/C34H33N2/c1-34(2)32(35(3)31-20-18-24-10-7-8-13-26(24)33(31)34)21-17-23-16-19-30-28(22-23)27-14-9-15-29(27)36(30)25-11-5-4-6-12-25/h4-8,10-13,16-22,27,29H,9,14-15H2,1-3H3/q+1. The molecule has 0 radical (unpaired) electrons. The average Bonchev–Trinajstić information content (AvgIpc) is 3.54. The maximum absolute atomic E-state index is 2.60. The first-order chi connectivity index (χ1) is 17.5. The third kappa shape index (κ3) is 3.07. The lowest BCUT2D eigenvalue weighted by Gasteiger charge is -2.27. The van der Waals surface area contributed by atoms with Crippen molar-refractivity contribution in [2.45, 2.75) is 50.5 Å². The van der Waals surface area contributed by atoms with E-state index >= 15 is 0 Å². The monoisotopic (exact) mass is 469 g/mol. The van der Waals surface area contributed by atoms with E-state index in [1.807, 2.05) is 0 Å². The van der Waals surface area contributed by atoms with E-state index in [0.717, 1.165) is 0 Å². The SMILES string of the molecule is C[N+]1=C(/C=C/c2ccc3c(c2)C2CCCC2N3c2ccccc2)C(C)(C)c2c1ccc1ccccc21. The predicted octanol–water partition coefficient (Wildman–Crippen LogP) is 8.35. The van der Waals surface area contributed by atoms with E-state index in [1.165, 1.54) is 69.5 Å². The van der Waals surface area contributed by atoms with Crippen LogP contribution in [0.1, 0.15) is 55.7 Å². The Kier molecular flexibility index (Phi) is 4.76. The van der Waals surface area contributed by atoms with Gasteiger partial charge >= 0.3 is 0 Å². The molecule has 0 aromatic heterocycles. The molecule has 1 fully saturated rings. The summed E-state index contributed by atoms with van der Waals surface area (Å²) >= 11 is 0. The molecule has 0 N–H and O–H groups in total. The Bertz CT molecular complexity index is 1560. The van der Waals surface area contributed by atoms with Gasteiger partial charge in [0.2, 0.25) is 5.69 Å². The van der Waals surface area contributed by atoms with Crippen molar-refractivity contribution in [3.05, 3.63) is 108 Å². The van der Waals surface area contributed by atoms with Crippen LogP contribution in [0.15, 0.2) is 91.0 Å². The van der Waals surface area contributed by atoms with Crippen LogP contribution in [0.3, 0.4) is 0 Å². The Morgan fingerprint density at radius 1 is 0.861 bits per heavy atom. The quantitative estimate of drug-likeness (QED) is 0.273. The lowest BCUT2D eigenvalue weighted by Crippen LogP contribution is -2.26. The Morgan fingerprint density at radius 2 is 1.67 bits per heavy atom. The summed E-state index contributed by atoms with van der Waals surface area (Å²) in [7, 11) is 2.21. The minimum absolute atomic E-state index is 0.0567. The summed E-state index contributed by atoms with van der Waals surface area (Å²) in [4.78, 5) is 2.60. The summed E-state index contributed by atoms with van der Waals surface area (Å²) in [5, 5.41) is 2.68. The van der Waals surface area contributed by atoms with E-state index in [9.17, 15) is 0 Å². The molecule has 0 spiro atoms. The van der Waals surface area contributed by atoms with E-state index in [4.69, 9.17) is 0 Å². The van der Waals surface area contributed by atoms with E-state index in [1.54, 1.807) is 0 Å². The van der Waals surface area contributed by atoms with Crippen molar-refractivity contribution in [3.8, 4) is 0 Å². The highest BCUT2D eigenvalue weighted by atomic mass is 15.2. The molecule has 0 saturated heterocycles. The molecule has 1 saturated carbocycles. The summed E-state index contributed by atoms with van der Waals surface area (Å²) in [6, 6.07) is 32.0. The third-order valence-corrected chi connectivity index (χ3v) is 8.88. The molecule has 7 rings (SSSR count). The molecule has 0 amide bonds. The van der Waals surface area contributed by atoms with Crippen LogP contribution in [-0.2, 0) is 5.41 Å². The molecule has 0 bridgehead atoms. The zero-order valence-corrected chi connectivity index (χ0v) is 21.4. The second-order valence-electron chi connectivity index (χ2n) is 11.2. The first kappa shape index (κ1) is 21.6. The van der Waals surface area contributed by atoms with Crippen LogP contribution in [0.2, 0.25) is 0 Å². The summed E-state index contributed by atoms with van der Waals surface area (Å²) in [5.74, 6) is 0.641. The van der Waals surface area contributed by atoms with Crippen LogP contribution >= 0.6 is 0 Å². The topological polar surface area (TPSA) is 6.25 Å². The molecule has 2 heterocycles. The highest BCUT2D eigenvalue weighted by molar-refractivity contribution is 6.09. The summed E-state index contributed by atoms with van der Waals surface area (Å²) in [6.07, 6.45) is 8.58. The fraction of sp³-hybridized carbons (Fsp3) is 0.265. The second-order valence-corrected chi connectivity index (χ2v) is 11.2. The molecule has 178 valence electrons. The number of allylic oxidation sites excluding steroid dienone is 1. The van der Waals surface area contributed by atoms with Crippen molar-refractivity contribution >= 4 is 39.6 Å². The number of rotatable bonds is 3. The van der Waals surface area contributed by atoms with Crippen LogP contribution in [0, 0.1) is 0 Å². The van der Waals surface area contributed by atoms with Crippen molar-refractivity contribution in [2.75, 3.05) is 11.9 Å². The number of hydrogen-bond acceptors (Lipinski definition) is 1. The van der Waals surface area contributed by atoms with Gasteiger partial charge in [-0.15, -0.1) is 0 Å². The third-order valence-electron chi connectivity index (χ3n) is 8.88. The van der Waals surface area contributed by atoms with Gasteiger partial charge in [0, 0.05) is 41.0 Å². The summed E-state index contributed by atoms with van der Waals surface area (Å²) in [5.41, 5.74) is 9.60. The van der Waals surface area contributed by atoms with Gasteiger partial charge in [0.25, 0.3) is 0 Å². The molecule has 4 aromatic rings. The molecule has 1 aliphatic carbocycles. The average molecular weight is 470 g/mol. The Balaban J connectivity index is 1.26. The summed E-state index contributed by atoms with van der Waals surface area (Å²) in [6.45, 7) is 4.73. The van der Waals surface area contributed by atoms with Gasteiger partial charge in [-0.1, -0.05) is 55.0 Å². The number of anilines is 2. The van der Waals surface area contributed by atoms with Gasteiger partial charge in [-0.3, -0.25) is 0 Å². The van der Waals surface area contributed by atoms with Crippen molar-refractivity contribution in [2.24, 2.45) is 0 Å². The second kappa shape index (κ2) is 7.93. The first-order valence-electron chi connectivity index (χ1n) is 13.3. The molecule has 2 aliphatic heterocycles. The number of nitrogens with zero attached hydrogens (tertiary/aromatic N) is 2. The normalized spacial score (nSPS) is 21.9. The molecule has 4 aromatic carbocycles. The lowest BCUT2D eigenvalue weighted by molar-refractivity contribution is -0.401. The van der Waals surface area contributed by atoms with Crippen LogP contribution in [0.25, 0.3) is 16.8 Å². The molecular formula is C34H33N2+. The van der Waals surface area contributed by atoms with Gasteiger partial charge in [0.15, 0.2) is 5.71 Å². The maximum Gasteiger partial charge on any atom is 0.210 e. The first-order valence-corrected chi connectivity index (χ1v) is 13.3. The fourth-order valence-corrected chi connectivity index (χ4v) is 7.27. The lowest BCUT2D eigenvalue weighted by atomic mass is 9.79. The molecule has 36 heavy (non-hydrogen) atoms. The zero-order valence-electron chi connectivity index (χ0n) is 21.4. The largest absolute Gasteiger partial charge is 0.338 e. The van der Waals surface area contributed by atoms with Gasteiger partial charge in [0.1, 0.15) is 7.05 Å². The number of para-hydroxylation sites is 1. The summed E-state index contributed by atoms with van der Waals surface area (Å²) < 4.78 is 2.38. The highest BCUT2D eigenvalue weighted by Gasteiger charge is 2.44. The molecule has 2 atom stereocenters. The fourth-order valence-electron chi connectivity index (χ4n) is 7.27. The maximum atomic E-state index is 2.60. The van der Waals surface area contributed by atoms with E-state index < -0.39 is 0 Å². The Morgan fingerprint density at radius 3 is 2.53 bits per heavy atom. The Hall–Kier alpha value is -3.65. The van der Waals surface area contributed by atoms with Crippen molar-refractivity contribution in [1.29, 1.82) is 0 Å². The van der Waals surface area contributed by atoms with Gasteiger partial charge in [-0.05, 0) is 85.0 Å². The van der Waals surface area contributed by atoms with Crippen LogP contribution in [0.5, 0.6) is 0 Å². The predicted molar refractivity (Wildman–Crippen MR) is 152 cm³/mol. The minimum Gasteiger partial charge on any atom is -0.338 e. The molecule has 2 nitrogen and oxygen atoms in total. The number of hydrogen-bond donors (Lipinski definition) is 0. The van der Waals surface area contributed by atoms with Gasteiger partial charge < -0.3 is 4.90 Å².